The molecule has 0 heterocycles. The molecular weight excluding hydrogens is 280 g/mol. The third kappa shape index (κ3) is 4.73. The molecule has 0 fully saturated rings. The Morgan fingerprint density at radius 3 is 2.11 bits per heavy atom. The van der Waals surface area contributed by atoms with Crippen LogP contribution in [0.1, 0.15) is 12.5 Å². The van der Waals surface area contributed by atoms with Crippen LogP contribution in [-0.2, 0) is 30.8 Å². The Hall–Kier alpha value is -0.960. The molecule has 1 rings (SSSR count). The van der Waals surface area contributed by atoms with Gasteiger partial charge in [-0.05, 0) is 24.1 Å². The first-order valence-electron chi connectivity index (χ1n) is 5.18. The third-order valence-electron chi connectivity index (χ3n) is 2.28. The van der Waals surface area contributed by atoms with Crippen molar-refractivity contribution >= 4 is 20.2 Å². The van der Waals surface area contributed by atoms with Crippen molar-refractivity contribution in [2.24, 2.45) is 0 Å². The van der Waals surface area contributed by atoms with Gasteiger partial charge in [-0.3, -0.25) is 4.55 Å². The van der Waals surface area contributed by atoms with Crippen LogP contribution in [0.4, 0.5) is 0 Å². The van der Waals surface area contributed by atoms with Crippen LogP contribution in [0.3, 0.4) is 0 Å². The van der Waals surface area contributed by atoms with Gasteiger partial charge in [-0.15, -0.1) is 0 Å². The average molecular weight is 294 g/mol. The molecule has 102 valence electrons. The minimum absolute atomic E-state index is 0.0960. The van der Waals surface area contributed by atoms with Gasteiger partial charge in [-0.2, -0.15) is 8.42 Å². The van der Waals surface area contributed by atoms with Gasteiger partial charge in [0.1, 0.15) is 0 Å². The van der Waals surface area contributed by atoms with E-state index in [1.807, 2.05) is 6.92 Å². The van der Waals surface area contributed by atoms with Crippen molar-refractivity contribution in [3.8, 4) is 0 Å². The van der Waals surface area contributed by atoms with Crippen molar-refractivity contribution in [2.45, 2.75) is 18.2 Å². The largest absolute Gasteiger partial charge is 0.397 e. The van der Waals surface area contributed by atoms with Gasteiger partial charge in [-0.25, -0.2) is 12.6 Å². The number of aryl methyl sites for hydroxylation is 1. The van der Waals surface area contributed by atoms with E-state index in [1.165, 1.54) is 12.1 Å². The number of rotatable bonds is 6. The van der Waals surface area contributed by atoms with Gasteiger partial charge < -0.3 is 0 Å². The molecule has 0 aromatic heterocycles. The summed E-state index contributed by atoms with van der Waals surface area (Å²) in [5.74, 6) is -0.516. The summed E-state index contributed by atoms with van der Waals surface area (Å²) < 4.78 is 56.4. The smallest absolute Gasteiger partial charge is 0.264 e. The van der Waals surface area contributed by atoms with Crippen molar-refractivity contribution in [3.05, 3.63) is 29.8 Å². The molecule has 0 saturated carbocycles. The standard InChI is InChI=1S/C10H14O6S2/c1-2-9-3-5-10(6-4-9)17(11,12)8-7-16-18(13,14)15/h3-6H,2,7-8H2,1H3,(H,13,14,15). The second-order valence-electron chi connectivity index (χ2n) is 3.57. The van der Waals surface area contributed by atoms with Gasteiger partial charge in [0.2, 0.25) is 0 Å². The lowest BCUT2D eigenvalue weighted by atomic mass is 10.2. The molecule has 8 heteroatoms. The van der Waals surface area contributed by atoms with Gasteiger partial charge >= 0.3 is 10.4 Å². The maximum Gasteiger partial charge on any atom is 0.397 e. The van der Waals surface area contributed by atoms with E-state index in [1.54, 1.807) is 12.1 Å². The van der Waals surface area contributed by atoms with Crippen LogP contribution in [0.2, 0.25) is 0 Å². The molecule has 6 nitrogen and oxygen atoms in total. The minimum Gasteiger partial charge on any atom is -0.264 e. The lowest BCUT2D eigenvalue weighted by Crippen LogP contribution is -2.15. The monoisotopic (exact) mass is 294 g/mol. The summed E-state index contributed by atoms with van der Waals surface area (Å²) in [5, 5.41) is 0. The topological polar surface area (TPSA) is 97.7 Å². The van der Waals surface area contributed by atoms with E-state index < -0.39 is 32.6 Å². The van der Waals surface area contributed by atoms with Crippen LogP contribution < -0.4 is 0 Å². The molecule has 0 saturated heterocycles. The Morgan fingerprint density at radius 1 is 1.11 bits per heavy atom. The van der Waals surface area contributed by atoms with Crippen LogP contribution in [0.15, 0.2) is 29.2 Å². The van der Waals surface area contributed by atoms with Crippen molar-refractivity contribution in [3.63, 3.8) is 0 Å². The van der Waals surface area contributed by atoms with Crippen molar-refractivity contribution in [1.82, 2.24) is 0 Å². The first-order chi connectivity index (χ1) is 8.24. The highest BCUT2D eigenvalue weighted by Gasteiger charge is 2.16. The summed E-state index contributed by atoms with van der Waals surface area (Å²) in [5.41, 5.74) is 1.00. The maximum atomic E-state index is 11.8. The van der Waals surface area contributed by atoms with E-state index in [-0.39, 0.29) is 4.90 Å². The SMILES string of the molecule is CCc1ccc(S(=O)(=O)CCOS(=O)(=O)O)cc1. The summed E-state index contributed by atoms with van der Waals surface area (Å²) in [6.45, 7) is 1.33. The first-order valence-corrected chi connectivity index (χ1v) is 8.20. The molecule has 0 amide bonds. The zero-order valence-electron chi connectivity index (χ0n) is 9.74. The number of sulfone groups is 1. The molecule has 1 N–H and O–H groups in total. The summed E-state index contributed by atoms with van der Waals surface area (Å²) in [6.07, 6.45) is 0.798. The third-order valence-corrected chi connectivity index (χ3v) is 4.43. The van der Waals surface area contributed by atoms with E-state index in [2.05, 4.69) is 4.18 Å². The second-order valence-corrected chi connectivity index (χ2v) is 6.77. The Bertz CT molecular complexity index is 586. The minimum atomic E-state index is -4.60. The molecule has 0 aliphatic heterocycles. The van der Waals surface area contributed by atoms with E-state index in [0.29, 0.717) is 0 Å². The van der Waals surface area contributed by atoms with Crippen LogP contribution >= 0.6 is 0 Å². The quantitative estimate of drug-likeness (QED) is 0.781. The van der Waals surface area contributed by atoms with E-state index in [4.69, 9.17) is 4.55 Å². The summed E-state index contributed by atoms with van der Waals surface area (Å²) in [4.78, 5) is 0.0960. The molecule has 18 heavy (non-hydrogen) atoms. The number of hydrogen-bond donors (Lipinski definition) is 1. The van der Waals surface area contributed by atoms with Gasteiger partial charge in [0, 0.05) is 0 Å². The summed E-state index contributed by atoms with van der Waals surface area (Å²) >= 11 is 0. The highest BCUT2D eigenvalue weighted by molar-refractivity contribution is 7.91. The van der Waals surface area contributed by atoms with Crippen LogP contribution in [0.5, 0.6) is 0 Å². The Labute approximate surface area is 106 Å². The molecule has 0 aliphatic rings. The van der Waals surface area contributed by atoms with E-state index in [0.717, 1.165) is 12.0 Å². The van der Waals surface area contributed by atoms with Crippen molar-refractivity contribution in [2.75, 3.05) is 12.4 Å². The predicted octanol–water partition coefficient (Wildman–Crippen LogP) is 0.842. The first kappa shape index (κ1) is 15.1. The van der Waals surface area contributed by atoms with E-state index in [9.17, 15) is 16.8 Å². The molecule has 1 aromatic rings. The molecular formula is C10H14O6S2. The Kier molecular flexibility index (Phi) is 4.85. The van der Waals surface area contributed by atoms with Crippen molar-refractivity contribution < 1.29 is 25.6 Å². The zero-order valence-corrected chi connectivity index (χ0v) is 11.4. The highest BCUT2D eigenvalue weighted by Crippen LogP contribution is 2.13. The molecule has 0 radical (unpaired) electrons. The lowest BCUT2D eigenvalue weighted by molar-refractivity contribution is 0.284. The summed E-state index contributed by atoms with van der Waals surface area (Å²) in [6, 6.07) is 6.30. The Balaban J connectivity index is 2.74. The molecule has 0 atom stereocenters. The fourth-order valence-corrected chi connectivity index (χ4v) is 2.79. The predicted molar refractivity (Wildman–Crippen MR) is 65.4 cm³/mol. The van der Waals surface area contributed by atoms with Crippen molar-refractivity contribution in [1.29, 1.82) is 0 Å². The maximum absolute atomic E-state index is 11.8. The highest BCUT2D eigenvalue weighted by atomic mass is 32.3. The lowest BCUT2D eigenvalue weighted by Gasteiger charge is -2.05. The van der Waals surface area contributed by atoms with Crippen LogP contribution in [-0.4, -0.2) is 33.7 Å². The van der Waals surface area contributed by atoms with Gasteiger partial charge in [0.25, 0.3) is 0 Å². The van der Waals surface area contributed by atoms with Crippen LogP contribution in [0, 0.1) is 0 Å². The molecule has 0 aliphatic carbocycles. The average Bonchev–Trinajstić information content (AvgIpc) is 2.27. The fourth-order valence-electron chi connectivity index (χ4n) is 1.30. The van der Waals surface area contributed by atoms with Gasteiger partial charge in [-0.1, -0.05) is 19.1 Å². The van der Waals surface area contributed by atoms with Gasteiger partial charge in [0.15, 0.2) is 9.84 Å². The molecule has 1 aromatic carbocycles. The zero-order chi connectivity index (χ0) is 13.8. The van der Waals surface area contributed by atoms with Crippen LogP contribution in [0.25, 0.3) is 0 Å². The molecule has 0 spiro atoms. The molecule has 0 bridgehead atoms. The normalized spacial score (nSPS) is 12.6. The second kappa shape index (κ2) is 5.79. The van der Waals surface area contributed by atoms with Gasteiger partial charge in [0.05, 0.1) is 17.3 Å². The molecule has 0 unspecified atom stereocenters. The number of hydrogen-bond acceptors (Lipinski definition) is 5. The van der Waals surface area contributed by atoms with E-state index >= 15 is 0 Å². The fraction of sp³-hybridized carbons (Fsp3) is 0.400. The summed E-state index contributed by atoms with van der Waals surface area (Å²) in [7, 11) is -8.21. The Morgan fingerprint density at radius 2 is 1.67 bits per heavy atom. The number of benzene rings is 1.